The quantitative estimate of drug-likeness (QED) is 0.383. The number of benzene rings is 1. The molecule has 3 N–H and O–H groups in total. The first-order valence-electron chi connectivity index (χ1n) is 3.49. The predicted molar refractivity (Wildman–Crippen MR) is 52.9 cm³/mol. The summed E-state index contributed by atoms with van der Waals surface area (Å²) in [5, 5.41) is 0. The number of nitrogens with one attached hydrogen (secondary N) is 1. The number of hydrazine groups is 1. The summed E-state index contributed by atoms with van der Waals surface area (Å²) in [5.74, 6) is 4.87. The lowest BCUT2D eigenvalue weighted by molar-refractivity contribution is 0.582. The van der Waals surface area contributed by atoms with Crippen molar-refractivity contribution in [2.45, 2.75) is 16.7 Å². The highest BCUT2D eigenvalue weighted by Crippen LogP contribution is 2.19. The topological polar surface area (TPSA) is 72.2 Å². The second-order valence-electron chi connectivity index (χ2n) is 2.59. The Morgan fingerprint density at radius 1 is 1.46 bits per heavy atom. The van der Waals surface area contributed by atoms with Crippen LogP contribution in [0.4, 0.5) is 0 Å². The lowest BCUT2D eigenvalue weighted by Crippen LogP contribution is -2.30. The van der Waals surface area contributed by atoms with E-state index in [9.17, 15) is 8.42 Å². The first-order valence-corrected chi connectivity index (χ1v) is 5.42. The van der Waals surface area contributed by atoms with Gasteiger partial charge in [0.25, 0.3) is 10.0 Å². The average molecular weight is 218 g/mol. The Morgan fingerprint density at radius 3 is 2.54 bits per heavy atom. The molecule has 0 radical (unpaired) electrons. The smallest absolute Gasteiger partial charge is 0.254 e. The summed E-state index contributed by atoms with van der Waals surface area (Å²) in [7, 11) is -3.59. The van der Waals surface area contributed by atoms with Gasteiger partial charge in [-0.3, -0.25) is 5.84 Å². The molecule has 0 saturated carbocycles. The molecule has 6 heteroatoms. The molecule has 0 aliphatic heterocycles. The Kier molecular flexibility index (Phi) is 2.97. The molecule has 0 aromatic heterocycles. The van der Waals surface area contributed by atoms with Crippen molar-refractivity contribution in [3.8, 4) is 0 Å². The van der Waals surface area contributed by atoms with Crippen molar-refractivity contribution in [1.29, 1.82) is 0 Å². The molecule has 72 valence electrons. The van der Waals surface area contributed by atoms with E-state index in [-0.39, 0.29) is 4.90 Å². The number of aryl methyl sites for hydroxylation is 1. The highest BCUT2D eigenvalue weighted by Gasteiger charge is 2.14. The van der Waals surface area contributed by atoms with Crippen LogP contribution in [0.25, 0.3) is 0 Å². The van der Waals surface area contributed by atoms with Crippen molar-refractivity contribution in [2.24, 2.45) is 5.84 Å². The third-order valence-electron chi connectivity index (χ3n) is 1.56. The Bertz CT molecular complexity index is 415. The fourth-order valence-electron chi connectivity index (χ4n) is 0.918. The summed E-state index contributed by atoms with van der Waals surface area (Å²) in [6.45, 7) is 1.85. The summed E-state index contributed by atoms with van der Waals surface area (Å²) in [6, 6.07) is 4.81. The van der Waals surface area contributed by atoms with Gasteiger partial charge in [-0.25, -0.2) is 8.42 Å². The van der Waals surface area contributed by atoms with E-state index in [2.05, 4.69) is 12.6 Å². The SMILES string of the molecule is Cc1ccc(S(=O)(=O)NN)c(S)c1. The number of hydrogen-bond donors (Lipinski definition) is 3. The molecule has 0 unspecified atom stereocenters. The van der Waals surface area contributed by atoms with Gasteiger partial charge < -0.3 is 0 Å². The van der Waals surface area contributed by atoms with Gasteiger partial charge >= 0.3 is 0 Å². The average Bonchev–Trinajstić information content (AvgIpc) is 2.03. The molecule has 0 fully saturated rings. The number of rotatable bonds is 2. The fraction of sp³-hybridized carbons (Fsp3) is 0.143. The second kappa shape index (κ2) is 3.67. The molecule has 0 aliphatic carbocycles. The van der Waals surface area contributed by atoms with E-state index >= 15 is 0 Å². The zero-order chi connectivity index (χ0) is 10.1. The summed E-state index contributed by atoms with van der Waals surface area (Å²) in [4.78, 5) is 2.22. The van der Waals surface area contributed by atoms with Crippen LogP contribution in [0.1, 0.15) is 5.56 Å². The van der Waals surface area contributed by atoms with E-state index in [1.165, 1.54) is 6.07 Å². The minimum Gasteiger partial charge on any atom is -0.257 e. The molecule has 0 amide bonds. The predicted octanol–water partition coefficient (Wildman–Crippen LogP) is 0.436. The van der Waals surface area contributed by atoms with Crippen molar-refractivity contribution >= 4 is 22.7 Å². The Labute approximate surface area is 82.6 Å². The Hall–Kier alpha value is -0.560. The molecular formula is C7H10N2O2S2. The van der Waals surface area contributed by atoms with E-state index in [1.807, 2.05) is 6.92 Å². The molecule has 0 bridgehead atoms. The maximum absolute atomic E-state index is 11.2. The van der Waals surface area contributed by atoms with Gasteiger partial charge in [-0.15, -0.1) is 12.6 Å². The van der Waals surface area contributed by atoms with E-state index in [0.717, 1.165) is 5.56 Å². The molecule has 1 rings (SSSR count). The Balaban J connectivity index is 3.33. The zero-order valence-electron chi connectivity index (χ0n) is 6.98. The molecular weight excluding hydrogens is 208 g/mol. The third-order valence-corrected chi connectivity index (χ3v) is 3.33. The van der Waals surface area contributed by atoms with Crippen molar-refractivity contribution in [3.63, 3.8) is 0 Å². The molecule has 0 spiro atoms. The molecule has 0 saturated heterocycles. The molecule has 0 atom stereocenters. The van der Waals surface area contributed by atoms with Gasteiger partial charge in [0.15, 0.2) is 0 Å². The van der Waals surface area contributed by atoms with Gasteiger partial charge in [-0.1, -0.05) is 6.07 Å². The first kappa shape index (κ1) is 10.5. The zero-order valence-corrected chi connectivity index (χ0v) is 8.69. The largest absolute Gasteiger partial charge is 0.257 e. The summed E-state index contributed by atoms with van der Waals surface area (Å²) < 4.78 is 22.5. The molecule has 13 heavy (non-hydrogen) atoms. The van der Waals surface area contributed by atoms with Crippen LogP contribution in [-0.4, -0.2) is 8.42 Å². The number of thiol groups is 1. The van der Waals surface area contributed by atoms with E-state index in [1.54, 1.807) is 17.0 Å². The molecule has 0 heterocycles. The van der Waals surface area contributed by atoms with Crippen LogP contribution in [0.2, 0.25) is 0 Å². The van der Waals surface area contributed by atoms with Crippen LogP contribution in [0.15, 0.2) is 28.0 Å². The fourth-order valence-corrected chi connectivity index (χ4v) is 2.27. The van der Waals surface area contributed by atoms with Gasteiger partial charge in [-0.2, -0.15) is 4.83 Å². The van der Waals surface area contributed by atoms with Gasteiger partial charge in [0.2, 0.25) is 0 Å². The monoisotopic (exact) mass is 218 g/mol. The lowest BCUT2D eigenvalue weighted by Gasteiger charge is -2.05. The third kappa shape index (κ3) is 2.22. The Morgan fingerprint density at radius 2 is 2.08 bits per heavy atom. The first-order chi connectivity index (χ1) is 5.97. The van der Waals surface area contributed by atoms with Crippen LogP contribution < -0.4 is 10.7 Å². The van der Waals surface area contributed by atoms with Crippen LogP contribution in [-0.2, 0) is 10.0 Å². The van der Waals surface area contributed by atoms with Gasteiger partial charge in [0.1, 0.15) is 0 Å². The van der Waals surface area contributed by atoms with Crippen LogP contribution in [0, 0.1) is 6.92 Å². The van der Waals surface area contributed by atoms with Gasteiger partial charge in [0, 0.05) is 4.90 Å². The summed E-state index contributed by atoms with van der Waals surface area (Å²) in [5.41, 5.74) is 0.945. The highest BCUT2D eigenvalue weighted by molar-refractivity contribution is 7.90. The van der Waals surface area contributed by atoms with E-state index in [0.29, 0.717) is 4.90 Å². The number of sulfonamides is 1. The van der Waals surface area contributed by atoms with Crippen LogP contribution in [0.3, 0.4) is 0 Å². The second-order valence-corrected chi connectivity index (χ2v) is 4.76. The lowest BCUT2D eigenvalue weighted by atomic mass is 10.2. The standard InChI is InChI=1S/C7H10N2O2S2/c1-5-2-3-7(6(12)4-5)13(10,11)9-8/h2-4,9,12H,8H2,1H3. The number of hydrogen-bond acceptors (Lipinski definition) is 4. The summed E-state index contributed by atoms with van der Waals surface area (Å²) >= 11 is 4.04. The van der Waals surface area contributed by atoms with E-state index < -0.39 is 10.0 Å². The van der Waals surface area contributed by atoms with Gasteiger partial charge in [0.05, 0.1) is 4.90 Å². The van der Waals surface area contributed by atoms with Crippen LogP contribution >= 0.6 is 12.6 Å². The summed E-state index contributed by atoms with van der Waals surface area (Å²) in [6.07, 6.45) is 0. The molecule has 0 aliphatic rings. The van der Waals surface area contributed by atoms with Crippen molar-refractivity contribution in [3.05, 3.63) is 23.8 Å². The van der Waals surface area contributed by atoms with E-state index in [4.69, 9.17) is 5.84 Å². The maximum atomic E-state index is 11.2. The van der Waals surface area contributed by atoms with Crippen molar-refractivity contribution in [1.82, 2.24) is 4.83 Å². The molecule has 1 aromatic carbocycles. The normalized spacial score (nSPS) is 11.6. The maximum Gasteiger partial charge on any atom is 0.254 e. The minimum absolute atomic E-state index is 0.0870. The van der Waals surface area contributed by atoms with Gasteiger partial charge in [-0.05, 0) is 24.6 Å². The molecule has 1 aromatic rings. The van der Waals surface area contributed by atoms with Crippen LogP contribution in [0.5, 0.6) is 0 Å². The van der Waals surface area contributed by atoms with Crippen molar-refractivity contribution < 1.29 is 8.42 Å². The van der Waals surface area contributed by atoms with Crippen molar-refractivity contribution in [2.75, 3.05) is 0 Å². The molecule has 4 nitrogen and oxygen atoms in total. The highest BCUT2D eigenvalue weighted by atomic mass is 32.2. The minimum atomic E-state index is -3.59. The number of nitrogens with two attached hydrogens (primary N) is 1.